The van der Waals surface area contributed by atoms with Crippen LogP contribution in [0, 0.1) is 0 Å². The van der Waals surface area contributed by atoms with E-state index in [9.17, 15) is 14.7 Å². The van der Waals surface area contributed by atoms with Gasteiger partial charge in [0, 0.05) is 6.54 Å². The summed E-state index contributed by atoms with van der Waals surface area (Å²) in [5, 5.41) is 19.9. The van der Waals surface area contributed by atoms with E-state index >= 15 is 0 Å². The highest BCUT2D eigenvalue weighted by atomic mass is 32.1. The summed E-state index contributed by atoms with van der Waals surface area (Å²) < 4.78 is 5.56. The van der Waals surface area contributed by atoms with Gasteiger partial charge >= 0.3 is 6.16 Å². The Balaban J connectivity index is 2.68. The lowest BCUT2D eigenvalue weighted by molar-refractivity contribution is 0.140. The average molecular weight is 282 g/mol. The summed E-state index contributed by atoms with van der Waals surface area (Å²) in [6.07, 6.45) is -1.64. The topological polar surface area (TPSA) is 102 Å². The normalized spacial score (nSPS) is 10.4. The van der Waals surface area contributed by atoms with E-state index in [0.29, 0.717) is 11.4 Å². The number of aromatic hydroxyl groups is 1. The summed E-state index contributed by atoms with van der Waals surface area (Å²) >= 11 is 1.34. The van der Waals surface area contributed by atoms with E-state index in [4.69, 9.17) is 5.11 Å². The van der Waals surface area contributed by atoms with E-state index in [2.05, 4.69) is 9.72 Å². The van der Waals surface area contributed by atoms with Crippen LogP contribution in [0.15, 0.2) is 22.3 Å². The minimum atomic E-state index is -1.64. The number of carboxylic acid groups (broad SMARTS) is 1. The van der Waals surface area contributed by atoms with Gasteiger partial charge in [-0.3, -0.25) is 9.36 Å². The van der Waals surface area contributed by atoms with E-state index < -0.39 is 23.3 Å². The zero-order valence-corrected chi connectivity index (χ0v) is 10.7. The largest absolute Gasteiger partial charge is 0.512 e. The maximum Gasteiger partial charge on any atom is 0.512 e. The molecule has 0 aliphatic carbocycles. The number of aromatic nitrogens is 2. The van der Waals surface area contributed by atoms with Gasteiger partial charge in [-0.05, 0) is 18.4 Å². The number of hydrogen-bond donors (Lipinski definition) is 2. The van der Waals surface area contributed by atoms with E-state index in [1.165, 1.54) is 15.9 Å². The minimum Gasteiger partial charge on any atom is -0.499 e. The Hall–Kier alpha value is -2.35. The van der Waals surface area contributed by atoms with Crippen molar-refractivity contribution in [1.82, 2.24) is 9.55 Å². The van der Waals surface area contributed by atoms with Crippen LogP contribution in [0.5, 0.6) is 11.6 Å². The van der Waals surface area contributed by atoms with E-state index in [-0.39, 0.29) is 5.82 Å². The molecule has 0 saturated carbocycles. The molecule has 0 saturated heterocycles. The second-order valence-corrected chi connectivity index (χ2v) is 4.43. The van der Waals surface area contributed by atoms with Gasteiger partial charge in [0.25, 0.3) is 11.4 Å². The third-order valence-electron chi connectivity index (χ3n) is 2.36. The minimum absolute atomic E-state index is 0.261. The van der Waals surface area contributed by atoms with Crippen LogP contribution in [0.4, 0.5) is 4.79 Å². The SMILES string of the molecule is CCn1c(-c2cccs2)nc(OC(=O)O)c(O)c1=O. The molecule has 100 valence electrons. The van der Waals surface area contributed by atoms with Gasteiger partial charge in [-0.2, -0.15) is 4.98 Å². The molecule has 0 amide bonds. The number of rotatable bonds is 3. The number of thiophene rings is 1. The summed E-state index contributed by atoms with van der Waals surface area (Å²) in [5.74, 6) is -1.16. The lowest BCUT2D eigenvalue weighted by Gasteiger charge is -2.11. The Morgan fingerprint density at radius 1 is 1.58 bits per heavy atom. The van der Waals surface area contributed by atoms with Crippen LogP contribution in [-0.4, -0.2) is 25.9 Å². The maximum atomic E-state index is 11.9. The first-order valence-corrected chi connectivity index (χ1v) is 6.21. The summed E-state index contributed by atoms with van der Waals surface area (Å²) in [6, 6.07) is 3.51. The van der Waals surface area contributed by atoms with E-state index in [1.54, 1.807) is 24.4 Å². The molecule has 2 aromatic rings. The fraction of sp³-hybridized carbons (Fsp3) is 0.182. The fourth-order valence-corrected chi connectivity index (χ4v) is 2.29. The Kier molecular flexibility index (Phi) is 3.52. The summed E-state index contributed by atoms with van der Waals surface area (Å²) in [4.78, 5) is 27.0. The van der Waals surface area contributed by atoms with E-state index in [1.807, 2.05) is 0 Å². The highest BCUT2D eigenvalue weighted by molar-refractivity contribution is 7.13. The van der Waals surface area contributed by atoms with Crippen LogP contribution in [0.2, 0.25) is 0 Å². The van der Waals surface area contributed by atoms with Crippen molar-refractivity contribution in [1.29, 1.82) is 0 Å². The molecule has 2 N–H and O–H groups in total. The van der Waals surface area contributed by atoms with Crippen molar-refractivity contribution in [2.24, 2.45) is 0 Å². The molecule has 0 fully saturated rings. The van der Waals surface area contributed by atoms with Gasteiger partial charge in [-0.25, -0.2) is 4.79 Å². The third-order valence-corrected chi connectivity index (χ3v) is 3.22. The molecule has 0 aliphatic rings. The molecule has 0 bridgehead atoms. The molecule has 2 heterocycles. The molecule has 0 aliphatic heterocycles. The van der Waals surface area contributed by atoms with Gasteiger partial charge in [-0.15, -0.1) is 11.3 Å². The van der Waals surface area contributed by atoms with Crippen molar-refractivity contribution in [2.75, 3.05) is 0 Å². The Labute approximate surface area is 111 Å². The fourth-order valence-electron chi connectivity index (χ4n) is 1.57. The smallest absolute Gasteiger partial charge is 0.499 e. The molecule has 0 spiro atoms. The molecule has 0 atom stereocenters. The number of hydrogen-bond acceptors (Lipinski definition) is 6. The maximum absolute atomic E-state index is 11.9. The molecule has 8 heteroatoms. The first kappa shape index (κ1) is 13.1. The molecule has 7 nitrogen and oxygen atoms in total. The van der Waals surface area contributed by atoms with Gasteiger partial charge in [-0.1, -0.05) is 6.07 Å². The van der Waals surface area contributed by atoms with Gasteiger partial charge in [0.1, 0.15) is 0 Å². The molecule has 2 aromatic heterocycles. The summed E-state index contributed by atoms with van der Waals surface area (Å²) in [7, 11) is 0. The van der Waals surface area contributed by atoms with Gasteiger partial charge in [0.15, 0.2) is 5.82 Å². The highest BCUT2D eigenvalue weighted by Gasteiger charge is 2.19. The Morgan fingerprint density at radius 3 is 2.84 bits per heavy atom. The average Bonchev–Trinajstić information content (AvgIpc) is 2.88. The number of carbonyl (C=O) groups is 1. The molecule has 0 unspecified atom stereocenters. The van der Waals surface area contributed by atoms with Crippen molar-refractivity contribution in [3.63, 3.8) is 0 Å². The molecule has 19 heavy (non-hydrogen) atoms. The molecule has 0 radical (unpaired) electrons. The zero-order valence-electron chi connectivity index (χ0n) is 9.86. The Morgan fingerprint density at radius 2 is 2.32 bits per heavy atom. The summed E-state index contributed by atoms with van der Waals surface area (Å²) in [6.45, 7) is 2.01. The lowest BCUT2D eigenvalue weighted by atomic mass is 10.4. The first-order valence-electron chi connectivity index (χ1n) is 5.33. The van der Waals surface area contributed by atoms with Crippen molar-refractivity contribution >= 4 is 17.5 Å². The predicted octanol–water partition coefficient (Wildman–Crippen LogP) is 1.75. The van der Waals surface area contributed by atoms with Crippen LogP contribution in [0.25, 0.3) is 10.7 Å². The van der Waals surface area contributed by atoms with Crippen LogP contribution < -0.4 is 10.3 Å². The van der Waals surface area contributed by atoms with Gasteiger partial charge in [0.2, 0.25) is 5.75 Å². The third kappa shape index (κ3) is 2.43. The number of nitrogens with zero attached hydrogens (tertiary/aromatic N) is 2. The summed E-state index contributed by atoms with van der Waals surface area (Å²) in [5.41, 5.74) is -0.739. The second kappa shape index (κ2) is 5.11. The van der Waals surface area contributed by atoms with Crippen molar-refractivity contribution in [3.8, 4) is 22.3 Å². The van der Waals surface area contributed by atoms with Crippen LogP contribution in [0.3, 0.4) is 0 Å². The quantitative estimate of drug-likeness (QED) is 0.832. The molecule has 2 rings (SSSR count). The van der Waals surface area contributed by atoms with Crippen LogP contribution >= 0.6 is 11.3 Å². The van der Waals surface area contributed by atoms with Crippen molar-refractivity contribution in [2.45, 2.75) is 13.5 Å². The first-order chi connectivity index (χ1) is 9.04. The molecular weight excluding hydrogens is 272 g/mol. The van der Waals surface area contributed by atoms with Crippen LogP contribution in [-0.2, 0) is 6.54 Å². The molecular formula is C11H10N2O5S. The second-order valence-electron chi connectivity index (χ2n) is 3.48. The zero-order chi connectivity index (χ0) is 14.0. The monoisotopic (exact) mass is 282 g/mol. The van der Waals surface area contributed by atoms with Crippen LogP contribution in [0.1, 0.15) is 6.92 Å². The standard InChI is InChI=1S/C11H10N2O5S/c1-2-13-8(6-4-3-5-19-6)12-9(18-11(16)17)7(14)10(13)15/h3-5,14H,2H2,1H3,(H,16,17). The lowest BCUT2D eigenvalue weighted by Crippen LogP contribution is -2.23. The Bertz CT molecular complexity index is 662. The van der Waals surface area contributed by atoms with E-state index in [0.717, 1.165) is 0 Å². The van der Waals surface area contributed by atoms with Gasteiger partial charge < -0.3 is 14.9 Å². The predicted molar refractivity (Wildman–Crippen MR) is 67.8 cm³/mol. The number of ether oxygens (including phenoxy) is 1. The van der Waals surface area contributed by atoms with Crippen molar-refractivity contribution < 1.29 is 19.7 Å². The van der Waals surface area contributed by atoms with Crippen molar-refractivity contribution in [3.05, 3.63) is 27.9 Å². The highest BCUT2D eigenvalue weighted by Crippen LogP contribution is 2.27. The van der Waals surface area contributed by atoms with Gasteiger partial charge in [0.05, 0.1) is 4.88 Å². The molecule has 0 aromatic carbocycles.